The summed E-state index contributed by atoms with van der Waals surface area (Å²) in [4.78, 5) is 15.7. The van der Waals surface area contributed by atoms with Crippen LogP contribution in [-0.4, -0.2) is 58.1 Å². The number of primary amides is 1. The fourth-order valence-electron chi connectivity index (χ4n) is 3.56. The molecule has 3 N–H and O–H groups in total. The average Bonchev–Trinajstić information content (AvgIpc) is 3.25. The maximum atomic E-state index is 13.3. The number of allylic oxidation sites excluding steroid dienone is 3. The van der Waals surface area contributed by atoms with Gasteiger partial charge in [0, 0.05) is 36.6 Å². The minimum atomic E-state index is -2.61. The number of halogens is 2. The first kappa shape index (κ1) is 24.7. The lowest BCUT2D eigenvalue weighted by molar-refractivity contribution is -0.106. The average molecular weight is 478 g/mol. The monoisotopic (exact) mass is 477 g/mol. The van der Waals surface area contributed by atoms with Crippen LogP contribution in [0.2, 0.25) is 0 Å². The zero-order valence-electron chi connectivity index (χ0n) is 18.7. The van der Waals surface area contributed by atoms with Gasteiger partial charge in [-0.05, 0) is 49.1 Å². The van der Waals surface area contributed by atoms with Crippen molar-refractivity contribution >= 4 is 24.2 Å². The molecule has 0 atom stereocenters. The minimum absolute atomic E-state index is 0.250. The second-order valence-electron chi connectivity index (χ2n) is 7.68. The molecule has 2 aromatic rings. The number of nitrogens with zero attached hydrogens (tertiary/aromatic N) is 5. The molecule has 1 fully saturated rings. The van der Waals surface area contributed by atoms with E-state index in [-0.39, 0.29) is 19.5 Å². The summed E-state index contributed by atoms with van der Waals surface area (Å²) in [5, 5.41) is 7.57. The van der Waals surface area contributed by atoms with Crippen molar-refractivity contribution in [2.75, 3.05) is 31.6 Å². The molecule has 1 saturated heterocycles. The maximum Gasteiger partial charge on any atom is 0.282 e. The third kappa shape index (κ3) is 6.55. The summed E-state index contributed by atoms with van der Waals surface area (Å²) in [7, 11) is 1.91. The molecule has 4 heterocycles. The molecule has 178 valence electrons. The summed E-state index contributed by atoms with van der Waals surface area (Å²) < 4.78 is 30.9. The van der Waals surface area contributed by atoms with Gasteiger partial charge in [-0.25, -0.2) is 18.1 Å². The molecule has 2 aromatic heterocycles. The zero-order valence-corrected chi connectivity index (χ0v) is 19.6. The lowest BCUT2D eigenvalue weighted by Gasteiger charge is -2.40. The molecule has 0 unspecified atom stereocenters. The number of rotatable bonds is 7. The Labute approximate surface area is 196 Å². The molecule has 0 saturated carbocycles. The van der Waals surface area contributed by atoms with Gasteiger partial charge in [0.15, 0.2) is 0 Å². The predicted octanol–water partition coefficient (Wildman–Crippen LogP) is 2.55. The number of alkyl halides is 2. The van der Waals surface area contributed by atoms with Gasteiger partial charge in [-0.1, -0.05) is 12.1 Å². The fourth-order valence-corrected chi connectivity index (χ4v) is 4.60. The smallest absolute Gasteiger partial charge is 0.282 e. The van der Waals surface area contributed by atoms with Crippen LogP contribution in [0.25, 0.3) is 0 Å². The Hall–Kier alpha value is -2.92. The number of hydrogen-bond donors (Lipinski definition) is 2. The quantitative estimate of drug-likeness (QED) is 0.360. The van der Waals surface area contributed by atoms with Gasteiger partial charge in [-0.2, -0.15) is 5.10 Å². The number of fused-ring (bicyclic) bond motifs is 1. The number of carbonyl (C=O) groups excluding carboxylic acids is 1. The number of nitrogens with two attached hydrogens (primary N) is 1. The minimum Gasteiger partial charge on any atom is -0.391 e. The van der Waals surface area contributed by atoms with Crippen molar-refractivity contribution in [2.45, 2.75) is 32.4 Å². The van der Waals surface area contributed by atoms with Crippen LogP contribution >= 0.6 is 11.9 Å². The number of anilines is 1. The van der Waals surface area contributed by atoms with Crippen LogP contribution in [0.1, 0.15) is 18.2 Å². The van der Waals surface area contributed by atoms with Crippen LogP contribution in [0.3, 0.4) is 0 Å². The lowest BCUT2D eigenvalue weighted by Crippen LogP contribution is -2.57. The van der Waals surface area contributed by atoms with Crippen LogP contribution in [-0.2, 0) is 24.3 Å². The van der Waals surface area contributed by atoms with Gasteiger partial charge < -0.3 is 16.0 Å². The Balaban J connectivity index is 0.000000968. The molecule has 0 bridgehead atoms. The van der Waals surface area contributed by atoms with Crippen molar-refractivity contribution in [1.82, 2.24) is 24.4 Å². The third-order valence-corrected chi connectivity index (χ3v) is 6.50. The highest BCUT2D eigenvalue weighted by molar-refractivity contribution is 8.01. The van der Waals surface area contributed by atoms with Crippen molar-refractivity contribution in [3.8, 4) is 0 Å². The summed E-state index contributed by atoms with van der Waals surface area (Å²) in [6.07, 6.45) is 8.57. The molecule has 1 amide bonds. The van der Waals surface area contributed by atoms with E-state index in [1.807, 2.05) is 30.1 Å². The molecule has 8 nitrogen and oxygen atoms in total. The van der Waals surface area contributed by atoms with Crippen LogP contribution < -0.4 is 16.0 Å². The summed E-state index contributed by atoms with van der Waals surface area (Å²) in [6, 6.07) is 5.86. The summed E-state index contributed by atoms with van der Waals surface area (Å²) in [5.41, 5.74) is 7.42. The number of amides is 1. The Morgan fingerprint density at radius 3 is 2.76 bits per heavy atom. The van der Waals surface area contributed by atoms with Gasteiger partial charge >= 0.3 is 0 Å². The Kier molecular flexibility index (Phi) is 8.45. The number of nitrogens with one attached hydrogen (secondary N) is 1. The molecule has 4 rings (SSSR count). The zero-order chi connectivity index (χ0) is 23.8. The van der Waals surface area contributed by atoms with Gasteiger partial charge in [-0.3, -0.25) is 9.48 Å². The number of carbonyl (C=O) groups is 1. The Bertz CT molecular complexity index is 1000. The standard InChI is InChI=1S/C21H26F2N6S.CH3NO/c1-16(24-2)19(30-28-11-12-29-18(13-28)8-10-26-29)7-3-5-17-6-4-9-25-20(17)27-14-21(22,23)15-27;2-1-3/h3-4,6-10,24H,5,11-15H2,1-2H3;1H,(H2,2,3)/b7-3+,19-16+;. The number of aromatic nitrogens is 3. The first-order valence-electron chi connectivity index (χ1n) is 10.6. The highest BCUT2D eigenvalue weighted by Gasteiger charge is 2.44. The summed E-state index contributed by atoms with van der Waals surface area (Å²) >= 11 is 1.72. The highest BCUT2D eigenvalue weighted by atomic mass is 32.2. The van der Waals surface area contributed by atoms with Crippen LogP contribution in [0.4, 0.5) is 14.6 Å². The highest BCUT2D eigenvalue weighted by Crippen LogP contribution is 2.33. The second-order valence-corrected chi connectivity index (χ2v) is 8.82. The van der Waals surface area contributed by atoms with E-state index in [0.717, 1.165) is 35.8 Å². The van der Waals surface area contributed by atoms with Crippen molar-refractivity contribution in [3.05, 3.63) is 64.6 Å². The van der Waals surface area contributed by atoms with Gasteiger partial charge in [0.2, 0.25) is 6.41 Å². The number of hydrogen-bond acceptors (Lipinski definition) is 7. The summed E-state index contributed by atoms with van der Waals surface area (Å²) in [5.74, 6) is -1.95. The second kappa shape index (κ2) is 11.3. The van der Waals surface area contributed by atoms with Crippen molar-refractivity contribution < 1.29 is 13.6 Å². The van der Waals surface area contributed by atoms with E-state index < -0.39 is 5.92 Å². The largest absolute Gasteiger partial charge is 0.391 e. The lowest BCUT2D eigenvalue weighted by atomic mass is 10.1. The van der Waals surface area contributed by atoms with Gasteiger partial charge in [0.1, 0.15) is 5.82 Å². The molecule has 0 aromatic carbocycles. The topological polar surface area (TPSA) is 92.3 Å². The van der Waals surface area contributed by atoms with Gasteiger partial charge in [0.25, 0.3) is 5.92 Å². The van der Waals surface area contributed by atoms with E-state index in [2.05, 4.69) is 50.6 Å². The SMILES string of the molecule is CN/C(C)=C(\C=C\Cc1cccnc1N1CC(F)(F)C1)SN1CCn2nccc2C1.NC=O. The fraction of sp³-hybridized carbons (Fsp3) is 0.409. The van der Waals surface area contributed by atoms with E-state index in [0.29, 0.717) is 12.2 Å². The first-order valence-corrected chi connectivity index (χ1v) is 11.3. The Morgan fingerprint density at radius 2 is 2.06 bits per heavy atom. The van der Waals surface area contributed by atoms with Crippen LogP contribution in [0, 0.1) is 0 Å². The van der Waals surface area contributed by atoms with E-state index in [1.54, 1.807) is 23.0 Å². The molecule has 2 aliphatic rings. The first-order chi connectivity index (χ1) is 15.9. The van der Waals surface area contributed by atoms with Crippen LogP contribution in [0.5, 0.6) is 0 Å². The van der Waals surface area contributed by atoms with Crippen molar-refractivity contribution in [1.29, 1.82) is 0 Å². The Morgan fingerprint density at radius 1 is 1.30 bits per heavy atom. The normalized spacial score (nSPS) is 18.0. The van der Waals surface area contributed by atoms with Gasteiger partial charge in [-0.15, -0.1) is 0 Å². The molecule has 0 spiro atoms. The predicted molar refractivity (Wildman–Crippen MR) is 126 cm³/mol. The third-order valence-electron chi connectivity index (χ3n) is 5.29. The molecular formula is C22H29F2N7OS. The summed E-state index contributed by atoms with van der Waals surface area (Å²) in [6.45, 7) is 4.18. The van der Waals surface area contributed by atoms with Crippen molar-refractivity contribution in [2.24, 2.45) is 5.73 Å². The molecule has 2 aliphatic heterocycles. The van der Waals surface area contributed by atoms with Crippen molar-refractivity contribution in [3.63, 3.8) is 0 Å². The van der Waals surface area contributed by atoms with E-state index in [1.165, 1.54) is 5.69 Å². The molecule has 11 heteroatoms. The maximum absolute atomic E-state index is 13.3. The van der Waals surface area contributed by atoms with Crippen LogP contribution in [0.15, 0.2) is 53.3 Å². The molecule has 33 heavy (non-hydrogen) atoms. The molecular weight excluding hydrogens is 448 g/mol. The molecule has 0 aliphatic carbocycles. The van der Waals surface area contributed by atoms with E-state index in [9.17, 15) is 8.78 Å². The van der Waals surface area contributed by atoms with Gasteiger partial charge in [0.05, 0.1) is 31.9 Å². The molecule has 0 radical (unpaired) electrons. The van der Waals surface area contributed by atoms with E-state index >= 15 is 0 Å². The van der Waals surface area contributed by atoms with E-state index in [4.69, 9.17) is 4.79 Å². The number of pyridine rings is 1.